The largest absolute Gasteiger partial charge is 0.455 e. The Bertz CT molecular complexity index is 3010. The molecule has 0 saturated carbocycles. The summed E-state index contributed by atoms with van der Waals surface area (Å²) in [6.45, 7) is 4.72. The van der Waals surface area contributed by atoms with Gasteiger partial charge in [0.2, 0.25) is 0 Å². The van der Waals surface area contributed by atoms with E-state index in [1.54, 1.807) is 0 Å². The fourth-order valence-electron chi connectivity index (χ4n) is 9.02. The summed E-state index contributed by atoms with van der Waals surface area (Å²) < 4.78 is 9.28. The van der Waals surface area contributed by atoms with E-state index in [0.29, 0.717) is 0 Å². The van der Waals surface area contributed by atoms with Gasteiger partial charge in [0, 0.05) is 27.5 Å². The molecular weight excluding hydrogens is 643 g/mol. The maximum atomic E-state index is 6.83. The van der Waals surface area contributed by atoms with Crippen LogP contribution in [0.25, 0.3) is 83.8 Å². The topological polar surface area (TPSA) is 14.2 Å². The molecule has 0 atom stereocenters. The lowest BCUT2D eigenvalue weighted by atomic mass is 9.81. The van der Waals surface area contributed by atoms with Gasteiger partial charge < -0.3 is 9.30 Å². The summed E-state index contributed by atoms with van der Waals surface area (Å²) in [6.07, 6.45) is 4.34. The van der Waals surface area contributed by atoms with Crippen molar-refractivity contribution in [1.82, 2.24) is 4.57 Å². The van der Waals surface area contributed by atoms with E-state index in [0.717, 1.165) is 44.7 Å². The molecule has 0 N–H and O–H groups in total. The molecule has 53 heavy (non-hydrogen) atoms. The molecular formula is C51H35NO. The normalized spacial score (nSPS) is 13.7. The molecule has 2 aliphatic rings. The predicted molar refractivity (Wildman–Crippen MR) is 222 cm³/mol. The van der Waals surface area contributed by atoms with Gasteiger partial charge in [-0.25, -0.2) is 0 Å². The number of ether oxygens (including phenoxy) is 1. The zero-order chi connectivity index (χ0) is 35.3. The second kappa shape index (κ2) is 11.2. The fraction of sp³-hybridized carbons (Fsp3) is 0.0588. The van der Waals surface area contributed by atoms with Crippen LogP contribution in [0.5, 0.6) is 11.5 Å². The zero-order valence-corrected chi connectivity index (χ0v) is 29.6. The predicted octanol–water partition coefficient (Wildman–Crippen LogP) is 13.9. The van der Waals surface area contributed by atoms with Crippen LogP contribution in [-0.4, -0.2) is 4.57 Å². The molecule has 2 heterocycles. The molecule has 0 bridgehead atoms. The summed E-state index contributed by atoms with van der Waals surface area (Å²) in [5.41, 5.74) is 15.7. The van der Waals surface area contributed by atoms with E-state index in [1.165, 1.54) is 60.7 Å². The van der Waals surface area contributed by atoms with Gasteiger partial charge in [0.15, 0.2) is 0 Å². The van der Waals surface area contributed by atoms with E-state index < -0.39 is 0 Å². The average molecular weight is 678 g/mol. The molecule has 0 unspecified atom stereocenters. The molecule has 250 valence electrons. The minimum atomic E-state index is -0.110. The summed E-state index contributed by atoms with van der Waals surface area (Å²) in [5, 5.41) is 4.78. The van der Waals surface area contributed by atoms with Crippen molar-refractivity contribution in [1.29, 1.82) is 0 Å². The van der Waals surface area contributed by atoms with Gasteiger partial charge in [0.1, 0.15) is 11.5 Å². The SMILES string of the molecule is CC1(C)c2ccccc2-c2ccc(-c3cc(-c4cccc5ccccc45)ccc3-n3c4ccccc4c4c5c(ccc43)C=Cc3ccccc3O5)cc21. The number of nitrogens with zero attached hydrogens (tertiary/aromatic N) is 1. The molecule has 11 rings (SSSR count). The van der Waals surface area contributed by atoms with Crippen molar-refractivity contribution in [2.24, 2.45) is 0 Å². The second-order valence-electron chi connectivity index (χ2n) is 14.9. The number of fused-ring (bicyclic) bond motifs is 10. The summed E-state index contributed by atoms with van der Waals surface area (Å²) in [5.74, 6) is 1.76. The summed E-state index contributed by atoms with van der Waals surface area (Å²) in [6, 6.07) is 59.9. The van der Waals surface area contributed by atoms with Gasteiger partial charge >= 0.3 is 0 Å². The molecule has 8 aromatic carbocycles. The molecule has 1 aliphatic heterocycles. The minimum Gasteiger partial charge on any atom is -0.455 e. The van der Waals surface area contributed by atoms with Crippen LogP contribution in [0, 0.1) is 0 Å². The van der Waals surface area contributed by atoms with E-state index in [-0.39, 0.29) is 5.41 Å². The number of rotatable bonds is 3. The number of hydrogen-bond acceptors (Lipinski definition) is 1. The lowest BCUT2D eigenvalue weighted by Gasteiger charge is -2.23. The molecule has 0 spiro atoms. The highest BCUT2D eigenvalue weighted by Crippen LogP contribution is 2.51. The van der Waals surface area contributed by atoms with Crippen LogP contribution in [0.4, 0.5) is 0 Å². The van der Waals surface area contributed by atoms with E-state index in [9.17, 15) is 0 Å². The Balaban J connectivity index is 1.20. The molecule has 2 nitrogen and oxygen atoms in total. The van der Waals surface area contributed by atoms with Crippen LogP contribution in [0.2, 0.25) is 0 Å². The van der Waals surface area contributed by atoms with Gasteiger partial charge in [-0.1, -0.05) is 147 Å². The van der Waals surface area contributed by atoms with Gasteiger partial charge in [0.25, 0.3) is 0 Å². The van der Waals surface area contributed by atoms with Crippen molar-refractivity contribution in [3.8, 4) is 50.6 Å². The highest BCUT2D eigenvalue weighted by atomic mass is 16.5. The van der Waals surface area contributed by atoms with Gasteiger partial charge in [-0.3, -0.25) is 0 Å². The third-order valence-electron chi connectivity index (χ3n) is 11.6. The smallest absolute Gasteiger partial charge is 0.144 e. The first kappa shape index (κ1) is 30.0. The molecule has 1 aromatic heterocycles. The Morgan fingerprint density at radius 3 is 2.11 bits per heavy atom. The first-order valence-electron chi connectivity index (χ1n) is 18.4. The Morgan fingerprint density at radius 2 is 1.17 bits per heavy atom. The maximum Gasteiger partial charge on any atom is 0.144 e. The summed E-state index contributed by atoms with van der Waals surface area (Å²) >= 11 is 0. The van der Waals surface area contributed by atoms with Crippen LogP contribution < -0.4 is 4.74 Å². The van der Waals surface area contributed by atoms with E-state index in [2.05, 4.69) is 188 Å². The van der Waals surface area contributed by atoms with Crippen LogP contribution in [0.15, 0.2) is 164 Å². The third kappa shape index (κ3) is 4.39. The van der Waals surface area contributed by atoms with Gasteiger partial charge in [-0.15, -0.1) is 0 Å². The van der Waals surface area contributed by atoms with Crippen LogP contribution in [0.1, 0.15) is 36.1 Å². The molecule has 1 aliphatic carbocycles. The van der Waals surface area contributed by atoms with E-state index in [1.807, 2.05) is 6.07 Å². The van der Waals surface area contributed by atoms with Crippen molar-refractivity contribution >= 4 is 44.7 Å². The van der Waals surface area contributed by atoms with Gasteiger partial charge in [-0.2, -0.15) is 0 Å². The number of para-hydroxylation sites is 2. The lowest BCUT2D eigenvalue weighted by Crippen LogP contribution is -2.15. The Kier molecular flexibility index (Phi) is 6.33. The second-order valence-corrected chi connectivity index (χ2v) is 14.9. The molecule has 9 aromatic rings. The highest BCUT2D eigenvalue weighted by Gasteiger charge is 2.35. The number of aromatic nitrogens is 1. The molecule has 0 radical (unpaired) electrons. The first-order valence-corrected chi connectivity index (χ1v) is 18.4. The van der Waals surface area contributed by atoms with Crippen LogP contribution in [-0.2, 0) is 5.41 Å². The van der Waals surface area contributed by atoms with Crippen LogP contribution >= 0.6 is 0 Å². The monoisotopic (exact) mass is 677 g/mol. The summed E-state index contributed by atoms with van der Waals surface area (Å²) in [4.78, 5) is 0. The average Bonchev–Trinajstić information content (AvgIpc) is 3.56. The van der Waals surface area contributed by atoms with Crippen molar-refractivity contribution in [3.05, 3.63) is 186 Å². The quantitative estimate of drug-likeness (QED) is 0.182. The van der Waals surface area contributed by atoms with E-state index in [4.69, 9.17) is 4.74 Å². The van der Waals surface area contributed by atoms with Crippen molar-refractivity contribution in [2.75, 3.05) is 0 Å². The Morgan fingerprint density at radius 1 is 0.472 bits per heavy atom. The fourth-order valence-corrected chi connectivity index (χ4v) is 9.02. The van der Waals surface area contributed by atoms with Crippen molar-refractivity contribution in [3.63, 3.8) is 0 Å². The van der Waals surface area contributed by atoms with Crippen molar-refractivity contribution in [2.45, 2.75) is 19.3 Å². The van der Waals surface area contributed by atoms with Crippen LogP contribution in [0.3, 0.4) is 0 Å². The van der Waals surface area contributed by atoms with Gasteiger partial charge in [-0.05, 0) is 92.2 Å². The maximum absolute atomic E-state index is 6.83. The molecule has 0 fully saturated rings. The lowest BCUT2D eigenvalue weighted by molar-refractivity contribution is 0.487. The standard InChI is InChI=1S/C51H35NO/c1-51(2)43-19-8-6-16-39(43)40-27-24-36(31-44(40)51)42-30-35(38-18-11-14-32-12-3-5-15-37(32)38)26-28-46(42)52-45-20-9-7-17-41(45)49-47(52)29-25-34-23-22-33-13-4-10-21-48(33)53-50(34)49/h3-31H,1-2H3. The minimum absolute atomic E-state index is 0.110. The number of hydrogen-bond donors (Lipinski definition) is 0. The first-order chi connectivity index (χ1) is 26.0. The molecule has 0 saturated heterocycles. The molecule has 0 amide bonds. The van der Waals surface area contributed by atoms with Gasteiger partial charge in [0.05, 0.1) is 22.1 Å². The molecule has 2 heteroatoms. The highest BCUT2D eigenvalue weighted by molar-refractivity contribution is 6.14. The number of benzene rings is 8. The summed E-state index contributed by atoms with van der Waals surface area (Å²) in [7, 11) is 0. The zero-order valence-electron chi connectivity index (χ0n) is 29.6. The van der Waals surface area contributed by atoms with Crippen molar-refractivity contribution < 1.29 is 4.74 Å². The van der Waals surface area contributed by atoms with E-state index >= 15 is 0 Å². The Labute approximate surface area is 308 Å². The Hall–Kier alpha value is -6.64. The third-order valence-corrected chi connectivity index (χ3v) is 11.6.